The Balaban J connectivity index is 2.34. The first-order valence-electron chi connectivity index (χ1n) is 5.35. The average Bonchev–Trinajstić information content (AvgIpc) is 2.71. The van der Waals surface area contributed by atoms with Crippen molar-refractivity contribution in [1.82, 2.24) is 4.98 Å². The van der Waals surface area contributed by atoms with Crippen LogP contribution in [0.2, 0.25) is 0 Å². The van der Waals surface area contributed by atoms with E-state index in [4.69, 9.17) is 4.74 Å². The first-order valence-corrected chi connectivity index (χ1v) is 5.35. The number of carbonyl (C=O) groups excluding carboxylic acids is 1. The van der Waals surface area contributed by atoms with Gasteiger partial charge in [0.15, 0.2) is 0 Å². The molecule has 1 aromatic heterocycles. The van der Waals surface area contributed by atoms with Gasteiger partial charge in [-0.1, -0.05) is 0 Å². The van der Waals surface area contributed by atoms with Gasteiger partial charge in [0.2, 0.25) is 0 Å². The molecule has 6 heteroatoms. The number of rotatable bonds is 4. The van der Waals surface area contributed by atoms with Crippen LogP contribution in [-0.4, -0.2) is 24.2 Å². The standard InChI is InChI=1S/C12H11F2NO3/c1-2-17-11(16)9-6-15-10-5-7(18-12(13)14)3-4-8(9)10/h3-6,12,15H,2H2,1H3. The third kappa shape index (κ3) is 2.42. The number of aromatic nitrogens is 1. The van der Waals surface area contributed by atoms with E-state index in [1.165, 1.54) is 24.4 Å². The molecular formula is C12H11F2NO3. The van der Waals surface area contributed by atoms with Crippen LogP contribution in [0.5, 0.6) is 5.75 Å². The lowest BCUT2D eigenvalue weighted by Crippen LogP contribution is -2.03. The zero-order valence-corrected chi connectivity index (χ0v) is 9.57. The van der Waals surface area contributed by atoms with E-state index in [0.717, 1.165) is 0 Å². The molecule has 1 aromatic carbocycles. The summed E-state index contributed by atoms with van der Waals surface area (Å²) in [4.78, 5) is 14.4. The van der Waals surface area contributed by atoms with E-state index in [2.05, 4.69) is 9.72 Å². The fraction of sp³-hybridized carbons (Fsp3) is 0.250. The minimum absolute atomic E-state index is 0.0368. The molecule has 0 saturated carbocycles. The fourth-order valence-electron chi connectivity index (χ4n) is 1.66. The van der Waals surface area contributed by atoms with Crippen molar-refractivity contribution in [3.8, 4) is 5.75 Å². The van der Waals surface area contributed by atoms with Gasteiger partial charge in [0.05, 0.1) is 12.2 Å². The number of alkyl halides is 2. The summed E-state index contributed by atoms with van der Waals surface area (Å²) in [5, 5.41) is 0.607. The van der Waals surface area contributed by atoms with Gasteiger partial charge in [0, 0.05) is 23.2 Å². The highest BCUT2D eigenvalue weighted by Gasteiger charge is 2.14. The first-order chi connectivity index (χ1) is 8.61. The van der Waals surface area contributed by atoms with Crippen LogP contribution in [0, 0.1) is 0 Å². The van der Waals surface area contributed by atoms with Gasteiger partial charge < -0.3 is 14.5 Å². The van der Waals surface area contributed by atoms with Crippen LogP contribution in [0.15, 0.2) is 24.4 Å². The number of fused-ring (bicyclic) bond motifs is 1. The molecule has 0 unspecified atom stereocenters. The lowest BCUT2D eigenvalue weighted by molar-refractivity contribution is -0.0497. The summed E-state index contributed by atoms with van der Waals surface area (Å²) in [6.07, 6.45) is 1.48. The van der Waals surface area contributed by atoms with E-state index >= 15 is 0 Å². The maximum atomic E-state index is 12.0. The number of halogens is 2. The Morgan fingerprint density at radius 1 is 1.44 bits per heavy atom. The molecule has 0 spiro atoms. The summed E-state index contributed by atoms with van der Waals surface area (Å²) >= 11 is 0. The molecule has 2 aromatic rings. The van der Waals surface area contributed by atoms with Crippen molar-refractivity contribution in [1.29, 1.82) is 0 Å². The van der Waals surface area contributed by atoms with Crippen molar-refractivity contribution in [2.75, 3.05) is 6.61 Å². The van der Waals surface area contributed by atoms with Crippen molar-refractivity contribution in [3.05, 3.63) is 30.0 Å². The summed E-state index contributed by atoms with van der Waals surface area (Å²) in [5.41, 5.74) is 0.909. The van der Waals surface area contributed by atoms with E-state index in [9.17, 15) is 13.6 Å². The molecule has 0 saturated heterocycles. The van der Waals surface area contributed by atoms with Gasteiger partial charge in [-0.25, -0.2) is 4.79 Å². The van der Waals surface area contributed by atoms with Gasteiger partial charge in [-0.15, -0.1) is 0 Å². The number of carbonyl (C=O) groups is 1. The quantitative estimate of drug-likeness (QED) is 0.854. The molecule has 2 rings (SSSR count). The van der Waals surface area contributed by atoms with E-state index in [1.54, 1.807) is 6.92 Å². The van der Waals surface area contributed by atoms with Crippen molar-refractivity contribution < 1.29 is 23.0 Å². The predicted molar refractivity (Wildman–Crippen MR) is 60.9 cm³/mol. The Kier molecular flexibility index (Phi) is 3.45. The molecule has 0 fully saturated rings. The molecule has 0 amide bonds. The molecule has 0 aliphatic heterocycles. The van der Waals surface area contributed by atoms with Crippen molar-refractivity contribution in [3.63, 3.8) is 0 Å². The van der Waals surface area contributed by atoms with Crippen LogP contribution in [0.3, 0.4) is 0 Å². The van der Waals surface area contributed by atoms with Crippen LogP contribution >= 0.6 is 0 Å². The zero-order chi connectivity index (χ0) is 13.1. The average molecular weight is 255 g/mol. The molecule has 0 radical (unpaired) electrons. The molecule has 1 heterocycles. The first kappa shape index (κ1) is 12.3. The molecule has 0 aliphatic carbocycles. The van der Waals surface area contributed by atoms with Crippen molar-refractivity contribution >= 4 is 16.9 Å². The molecule has 0 atom stereocenters. The Bertz CT molecular complexity index is 565. The summed E-state index contributed by atoms with van der Waals surface area (Å²) in [6.45, 7) is -0.888. The van der Waals surface area contributed by atoms with Crippen molar-refractivity contribution in [2.45, 2.75) is 13.5 Å². The number of nitrogens with one attached hydrogen (secondary N) is 1. The topological polar surface area (TPSA) is 51.3 Å². The second-order valence-corrected chi connectivity index (χ2v) is 3.51. The lowest BCUT2D eigenvalue weighted by Gasteiger charge is -2.04. The lowest BCUT2D eigenvalue weighted by atomic mass is 10.2. The Morgan fingerprint density at radius 3 is 2.89 bits per heavy atom. The van der Waals surface area contributed by atoms with Crippen LogP contribution in [0.4, 0.5) is 8.78 Å². The van der Waals surface area contributed by atoms with E-state index < -0.39 is 12.6 Å². The van der Waals surface area contributed by atoms with Gasteiger partial charge in [-0.2, -0.15) is 8.78 Å². The Labute approximate surface area is 102 Å². The third-order valence-electron chi connectivity index (χ3n) is 2.37. The Hall–Kier alpha value is -2.11. The van der Waals surface area contributed by atoms with Gasteiger partial charge in [0.1, 0.15) is 5.75 Å². The second-order valence-electron chi connectivity index (χ2n) is 3.51. The smallest absolute Gasteiger partial charge is 0.387 e. The molecular weight excluding hydrogens is 244 g/mol. The highest BCUT2D eigenvalue weighted by atomic mass is 19.3. The van der Waals surface area contributed by atoms with Gasteiger partial charge in [-0.05, 0) is 19.1 Å². The van der Waals surface area contributed by atoms with E-state index in [-0.39, 0.29) is 12.4 Å². The molecule has 0 aliphatic rings. The summed E-state index contributed by atoms with van der Waals surface area (Å²) in [5.74, 6) is -0.416. The number of esters is 1. The number of benzene rings is 1. The summed E-state index contributed by atoms with van der Waals surface area (Å²) in [7, 11) is 0. The van der Waals surface area contributed by atoms with Crippen LogP contribution in [0.25, 0.3) is 10.9 Å². The SMILES string of the molecule is CCOC(=O)c1c[nH]c2cc(OC(F)F)ccc12. The van der Waals surface area contributed by atoms with Gasteiger partial charge in [-0.3, -0.25) is 0 Å². The number of aromatic amines is 1. The maximum absolute atomic E-state index is 12.0. The molecule has 1 N–H and O–H groups in total. The number of hydrogen-bond donors (Lipinski definition) is 1. The number of hydrogen-bond acceptors (Lipinski definition) is 3. The highest BCUT2D eigenvalue weighted by molar-refractivity contribution is 6.04. The summed E-state index contributed by atoms with van der Waals surface area (Å²) in [6, 6.07) is 4.32. The molecule has 96 valence electrons. The molecule has 4 nitrogen and oxygen atoms in total. The van der Waals surface area contributed by atoms with Crippen LogP contribution < -0.4 is 4.74 Å². The normalized spacial score (nSPS) is 10.9. The molecule has 0 bridgehead atoms. The minimum Gasteiger partial charge on any atom is -0.462 e. The zero-order valence-electron chi connectivity index (χ0n) is 9.57. The minimum atomic E-state index is -2.87. The van der Waals surface area contributed by atoms with Gasteiger partial charge in [0.25, 0.3) is 0 Å². The molecule has 18 heavy (non-hydrogen) atoms. The number of H-pyrrole nitrogens is 1. The predicted octanol–water partition coefficient (Wildman–Crippen LogP) is 2.95. The van der Waals surface area contributed by atoms with E-state index in [0.29, 0.717) is 16.5 Å². The highest BCUT2D eigenvalue weighted by Crippen LogP contribution is 2.24. The fourth-order valence-corrected chi connectivity index (χ4v) is 1.66. The summed E-state index contributed by atoms with van der Waals surface area (Å²) < 4.78 is 33.2. The monoisotopic (exact) mass is 255 g/mol. The Morgan fingerprint density at radius 2 is 2.22 bits per heavy atom. The third-order valence-corrected chi connectivity index (χ3v) is 2.37. The van der Waals surface area contributed by atoms with Crippen LogP contribution in [-0.2, 0) is 4.74 Å². The maximum Gasteiger partial charge on any atom is 0.387 e. The number of ether oxygens (including phenoxy) is 2. The van der Waals surface area contributed by atoms with Gasteiger partial charge >= 0.3 is 12.6 Å². The largest absolute Gasteiger partial charge is 0.462 e. The van der Waals surface area contributed by atoms with Crippen molar-refractivity contribution in [2.24, 2.45) is 0 Å². The second kappa shape index (κ2) is 5.03. The van der Waals surface area contributed by atoms with E-state index in [1.807, 2.05) is 0 Å². The van der Waals surface area contributed by atoms with Crippen LogP contribution in [0.1, 0.15) is 17.3 Å².